The van der Waals surface area contributed by atoms with Gasteiger partial charge in [0, 0.05) is 11.7 Å². The van der Waals surface area contributed by atoms with Crippen molar-refractivity contribution in [3.63, 3.8) is 0 Å². The summed E-state index contributed by atoms with van der Waals surface area (Å²) in [5.41, 5.74) is 0.421. The van der Waals surface area contributed by atoms with E-state index in [0.717, 1.165) is 17.7 Å². The van der Waals surface area contributed by atoms with E-state index in [1.165, 1.54) is 18.6 Å². The number of anilines is 1. The molecule has 2 amide bonds. The van der Waals surface area contributed by atoms with Crippen molar-refractivity contribution in [2.75, 3.05) is 18.9 Å². The van der Waals surface area contributed by atoms with Gasteiger partial charge in [-0.1, -0.05) is 32.8 Å². The van der Waals surface area contributed by atoms with Crippen LogP contribution in [-0.4, -0.2) is 37.5 Å². The Morgan fingerprint density at radius 3 is 2.73 bits per heavy atom. The molecule has 0 saturated heterocycles. The van der Waals surface area contributed by atoms with Crippen LogP contribution >= 0.6 is 0 Å². The van der Waals surface area contributed by atoms with Crippen LogP contribution in [0.5, 0.6) is 0 Å². The number of carbonyl (C=O) groups excluding carboxylic acids is 2. The fourth-order valence-corrected chi connectivity index (χ4v) is 3.49. The molecule has 6 heteroatoms. The van der Waals surface area contributed by atoms with Crippen LogP contribution < -0.4 is 15.5 Å². The maximum Gasteiger partial charge on any atom is 0.279 e. The van der Waals surface area contributed by atoms with Gasteiger partial charge in [-0.3, -0.25) is 9.59 Å². The lowest BCUT2D eigenvalue weighted by molar-refractivity contribution is -0.885. The van der Waals surface area contributed by atoms with Crippen molar-refractivity contribution in [3.05, 3.63) is 30.1 Å². The molecule has 1 aliphatic carbocycles. The molecule has 144 valence electrons. The maximum atomic E-state index is 13.2. The summed E-state index contributed by atoms with van der Waals surface area (Å²) in [4.78, 5) is 25.5. The van der Waals surface area contributed by atoms with Gasteiger partial charge >= 0.3 is 0 Å². The molecule has 5 atom stereocenters. The van der Waals surface area contributed by atoms with Gasteiger partial charge in [0.25, 0.3) is 11.8 Å². The van der Waals surface area contributed by atoms with Gasteiger partial charge in [-0.25, -0.2) is 4.39 Å². The first kappa shape index (κ1) is 20.4. The number of amides is 2. The lowest BCUT2D eigenvalue weighted by atomic mass is 9.78. The highest BCUT2D eigenvalue weighted by Crippen LogP contribution is 2.29. The fourth-order valence-electron chi connectivity index (χ4n) is 3.49. The van der Waals surface area contributed by atoms with Crippen LogP contribution in [0.15, 0.2) is 24.3 Å². The smallest absolute Gasteiger partial charge is 0.279 e. The van der Waals surface area contributed by atoms with E-state index in [9.17, 15) is 14.0 Å². The largest absolute Gasteiger partial charge is 0.348 e. The first-order valence-electron chi connectivity index (χ1n) is 9.46. The average molecular weight is 364 g/mol. The molecule has 26 heavy (non-hydrogen) atoms. The van der Waals surface area contributed by atoms with Gasteiger partial charge in [-0.2, -0.15) is 0 Å². The van der Waals surface area contributed by atoms with Crippen molar-refractivity contribution in [2.24, 2.45) is 11.8 Å². The number of rotatable bonds is 6. The van der Waals surface area contributed by atoms with Crippen LogP contribution in [0.2, 0.25) is 0 Å². The van der Waals surface area contributed by atoms with Crippen LogP contribution in [0.3, 0.4) is 0 Å². The molecule has 0 radical (unpaired) electrons. The molecule has 0 heterocycles. The zero-order chi connectivity index (χ0) is 19.3. The molecule has 1 unspecified atom stereocenters. The van der Waals surface area contributed by atoms with Crippen molar-refractivity contribution in [2.45, 2.75) is 52.1 Å². The summed E-state index contributed by atoms with van der Waals surface area (Å²) in [5, 5.41) is 5.84. The molecule has 1 aromatic rings. The van der Waals surface area contributed by atoms with E-state index in [2.05, 4.69) is 24.5 Å². The quantitative estimate of drug-likeness (QED) is 0.718. The normalized spacial score (nSPS) is 25.2. The Labute approximate surface area is 155 Å². The van der Waals surface area contributed by atoms with E-state index in [1.807, 2.05) is 14.0 Å². The Bertz CT molecular complexity index is 637. The number of hydrogen-bond acceptors (Lipinski definition) is 2. The summed E-state index contributed by atoms with van der Waals surface area (Å²) in [7, 11) is 1.82. The zero-order valence-electron chi connectivity index (χ0n) is 16.1. The molecule has 1 aromatic carbocycles. The first-order chi connectivity index (χ1) is 12.3. The van der Waals surface area contributed by atoms with Crippen LogP contribution in [0.1, 0.15) is 40.0 Å². The van der Waals surface area contributed by atoms with Crippen molar-refractivity contribution in [1.82, 2.24) is 5.32 Å². The number of likely N-dealkylation sites (N-methyl/N-ethyl adjacent to an activating group) is 1. The zero-order valence-corrected chi connectivity index (χ0v) is 16.1. The molecule has 0 aromatic heterocycles. The van der Waals surface area contributed by atoms with Crippen molar-refractivity contribution < 1.29 is 18.9 Å². The van der Waals surface area contributed by atoms with Crippen molar-refractivity contribution in [1.29, 1.82) is 0 Å². The van der Waals surface area contributed by atoms with E-state index >= 15 is 0 Å². The molecule has 0 aliphatic heterocycles. The summed E-state index contributed by atoms with van der Waals surface area (Å²) < 4.78 is 13.2. The van der Waals surface area contributed by atoms with Gasteiger partial charge in [-0.05, 0) is 43.4 Å². The van der Waals surface area contributed by atoms with Gasteiger partial charge in [0.1, 0.15) is 5.82 Å². The van der Waals surface area contributed by atoms with Crippen LogP contribution in [-0.2, 0) is 9.59 Å². The molecule has 5 nitrogen and oxygen atoms in total. The number of nitrogens with one attached hydrogen (secondary N) is 3. The molecule has 1 saturated carbocycles. The topological polar surface area (TPSA) is 62.6 Å². The van der Waals surface area contributed by atoms with Crippen LogP contribution in [0.4, 0.5) is 10.1 Å². The maximum absolute atomic E-state index is 13.2. The monoisotopic (exact) mass is 364 g/mol. The Balaban J connectivity index is 1.84. The highest BCUT2D eigenvalue weighted by atomic mass is 19.1. The predicted molar refractivity (Wildman–Crippen MR) is 100 cm³/mol. The van der Waals surface area contributed by atoms with Gasteiger partial charge in [0.15, 0.2) is 12.6 Å². The summed E-state index contributed by atoms with van der Waals surface area (Å²) in [5.74, 6) is 0.425. The third-order valence-electron chi connectivity index (χ3n) is 5.71. The second-order valence-electron chi connectivity index (χ2n) is 7.69. The third kappa shape index (κ3) is 5.53. The minimum atomic E-state index is -0.396. The van der Waals surface area contributed by atoms with Gasteiger partial charge in [-0.15, -0.1) is 0 Å². The number of carbonyl (C=O) groups is 2. The fraction of sp³-hybridized carbons (Fsp3) is 0.600. The van der Waals surface area contributed by atoms with Gasteiger partial charge in [0.05, 0.1) is 7.05 Å². The van der Waals surface area contributed by atoms with Crippen LogP contribution in [0, 0.1) is 17.7 Å². The first-order valence-corrected chi connectivity index (χ1v) is 9.46. The lowest BCUT2D eigenvalue weighted by Crippen LogP contribution is -3.15. The molecule has 1 aliphatic rings. The van der Waals surface area contributed by atoms with Gasteiger partial charge in [0.2, 0.25) is 0 Å². The summed E-state index contributed by atoms with van der Waals surface area (Å²) in [6.45, 7) is 6.40. The average Bonchev–Trinajstić information content (AvgIpc) is 2.58. The Kier molecular flexibility index (Phi) is 7.14. The second kappa shape index (κ2) is 9.12. The molecular formula is C20H31FN3O2+. The standard InChI is InChI=1S/C20H30FN3O2/c1-13-7-5-10-18(14(13)2)23-20(26)15(3)24(4)12-19(25)22-17-9-6-8-16(21)11-17/h6,8-9,11,13-15,18H,5,7,10,12H2,1-4H3,(H,22,25)(H,23,26)/p+1/t13-,14-,15-,18+/m1/s1. The Morgan fingerprint density at radius 1 is 1.31 bits per heavy atom. The highest BCUT2D eigenvalue weighted by Gasteiger charge is 2.31. The van der Waals surface area contributed by atoms with Crippen molar-refractivity contribution in [3.8, 4) is 0 Å². The molecule has 1 fully saturated rings. The summed E-state index contributed by atoms with van der Waals surface area (Å²) >= 11 is 0. The minimum absolute atomic E-state index is 0.0213. The predicted octanol–water partition coefficient (Wildman–Crippen LogP) is 1.61. The second-order valence-corrected chi connectivity index (χ2v) is 7.69. The third-order valence-corrected chi connectivity index (χ3v) is 5.71. The molecule has 3 N–H and O–H groups in total. The highest BCUT2D eigenvalue weighted by molar-refractivity contribution is 5.91. The summed E-state index contributed by atoms with van der Waals surface area (Å²) in [6.07, 6.45) is 3.38. The lowest BCUT2D eigenvalue weighted by Gasteiger charge is -2.35. The molecule has 0 bridgehead atoms. The number of quaternary nitrogens is 1. The van der Waals surface area contributed by atoms with Crippen LogP contribution in [0.25, 0.3) is 0 Å². The minimum Gasteiger partial charge on any atom is -0.348 e. The number of halogens is 1. The molecular weight excluding hydrogens is 333 g/mol. The summed E-state index contributed by atoms with van der Waals surface area (Å²) in [6, 6.07) is 5.66. The van der Waals surface area contributed by atoms with Crippen molar-refractivity contribution >= 4 is 17.5 Å². The van der Waals surface area contributed by atoms with E-state index in [-0.39, 0.29) is 30.4 Å². The number of benzene rings is 1. The van der Waals surface area contributed by atoms with E-state index in [1.54, 1.807) is 12.1 Å². The number of hydrogen-bond donors (Lipinski definition) is 3. The SMILES string of the molecule is C[C@@H]1[C@H](C)CCC[C@@H]1NC(=O)[C@@H](C)[NH+](C)CC(=O)Nc1cccc(F)c1. The van der Waals surface area contributed by atoms with E-state index in [0.29, 0.717) is 17.5 Å². The Morgan fingerprint density at radius 2 is 2.04 bits per heavy atom. The molecule has 2 rings (SSSR count). The van der Waals surface area contributed by atoms with E-state index in [4.69, 9.17) is 0 Å². The van der Waals surface area contributed by atoms with Gasteiger partial charge < -0.3 is 15.5 Å². The molecule has 0 spiro atoms. The Hall–Kier alpha value is -1.95. The van der Waals surface area contributed by atoms with E-state index < -0.39 is 5.82 Å².